The Morgan fingerprint density at radius 3 is 3.00 bits per heavy atom. The average molecular weight is 362 g/mol. The van der Waals surface area contributed by atoms with E-state index in [0.717, 1.165) is 19.4 Å². The molecule has 0 spiro atoms. The van der Waals surface area contributed by atoms with Crippen LogP contribution >= 0.6 is 11.8 Å². The summed E-state index contributed by atoms with van der Waals surface area (Å²) in [5.74, 6) is 0.986. The molecule has 0 bridgehead atoms. The molecule has 0 radical (unpaired) electrons. The molecule has 1 amide bonds. The highest BCUT2D eigenvalue weighted by Crippen LogP contribution is 2.29. The number of aromatic nitrogens is 3. The number of hydrogen-bond acceptors (Lipinski definition) is 6. The van der Waals surface area contributed by atoms with Crippen LogP contribution in [0, 0.1) is 0 Å². The molecule has 2 heterocycles. The summed E-state index contributed by atoms with van der Waals surface area (Å²) in [5.41, 5.74) is 0.631. The molecule has 1 aliphatic rings. The molecule has 3 rings (SSSR count). The zero-order valence-electron chi connectivity index (χ0n) is 14.1. The third-order valence-corrected chi connectivity index (χ3v) is 5.03. The Labute approximate surface area is 150 Å². The highest BCUT2D eigenvalue weighted by atomic mass is 32.2. The fraction of sp³-hybridized carbons (Fsp3) is 0.471. The normalized spacial score (nSPS) is 16.9. The van der Waals surface area contributed by atoms with Crippen molar-refractivity contribution in [1.29, 1.82) is 0 Å². The number of phenolic OH excluding ortho intramolecular Hbond substituents is 1. The molecule has 8 heteroatoms. The van der Waals surface area contributed by atoms with E-state index in [4.69, 9.17) is 4.74 Å². The molecule has 1 aliphatic heterocycles. The van der Waals surface area contributed by atoms with E-state index in [9.17, 15) is 9.90 Å². The lowest BCUT2D eigenvalue weighted by molar-refractivity contribution is -0.119. The number of ether oxygens (including phenoxy) is 1. The van der Waals surface area contributed by atoms with Gasteiger partial charge in [0.05, 0.1) is 17.4 Å². The van der Waals surface area contributed by atoms with Crippen LogP contribution in [0.1, 0.15) is 19.8 Å². The maximum Gasteiger partial charge on any atom is 0.230 e. The molecule has 0 saturated carbocycles. The second kappa shape index (κ2) is 8.35. The van der Waals surface area contributed by atoms with Gasteiger partial charge in [0, 0.05) is 19.7 Å². The standard InChI is InChI=1S/C17H22N4O3S/c1-2-21-16(13-7-3-4-8-14(13)22)19-20-17(21)25-11-15(23)18-10-12-6-5-9-24-12/h3-4,7-8,12,22H,2,5-6,9-11H2,1H3,(H,18,23)/t12-/m1/s1. The van der Waals surface area contributed by atoms with Gasteiger partial charge in [0.15, 0.2) is 11.0 Å². The smallest absolute Gasteiger partial charge is 0.230 e. The molecular formula is C17H22N4O3S. The third-order valence-electron chi connectivity index (χ3n) is 4.06. The van der Waals surface area contributed by atoms with Gasteiger partial charge in [0.25, 0.3) is 0 Å². The maximum absolute atomic E-state index is 12.0. The molecule has 2 N–H and O–H groups in total. The Bertz CT molecular complexity index is 728. The van der Waals surface area contributed by atoms with E-state index in [1.807, 2.05) is 17.6 Å². The van der Waals surface area contributed by atoms with Crippen molar-refractivity contribution in [3.8, 4) is 17.1 Å². The van der Waals surface area contributed by atoms with Gasteiger partial charge in [0.2, 0.25) is 5.91 Å². The molecule has 1 atom stereocenters. The fourth-order valence-corrected chi connectivity index (χ4v) is 3.59. The Morgan fingerprint density at radius 2 is 2.28 bits per heavy atom. The number of rotatable bonds is 7. The van der Waals surface area contributed by atoms with Crippen molar-refractivity contribution in [2.45, 2.75) is 37.6 Å². The van der Waals surface area contributed by atoms with Crippen LogP contribution in [0.25, 0.3) is 11.4 Å². The maximum atomic E-state index is 12.0. The molecule has 1 aromatic carbocycles. The number of phenols is 1. The molecule has 25 heavy (non-hydrogen) atoms. The molecule has 1 saturated heterocycles. The zero-order chi connectivity index (χ0) is 17.6. The average Bonchev–Trinajstić information content (AvgIpc) is 3.28. The highest BCUT2D eigenvalue weighted by Gasteiger charge is 2.18. The Morgan fingerprint density at radius 1 is 1.44 bits per heavy atom. The minimum Gasteiger partial charge on any atom is -0.507 e. The summed E-state index contributed by atoms with van der Waals surface area (Å²) in [5, 5.41) is 21.9. The van der Waals surface area contributed by atoms with E-state index in [2.05, 4.69) is 15.5 Å². The van der Waals surface area contributed by atoms with Crippen LogP contribution in [-0.2, 0) is 16.1 Å². The number of amides is 1. The summed E-state index contributed by atoms with van der Waals surface area (Å²) in [6.07, 6.45) is 2.20. The van der Waals surface area contributed by atoms with Gasteiger partial charge in [-0.1, -0.05) is 23.9 Å². The predicted molar refractivity (Wildman–Crippen MR) is 95.5 cm³/mol. The Hall–Kier alpha value is -2.06. The number of hydrogen-bond donors (Lipinski definition) is 2. The molecule has 134 valence electrons. The van der Waals surface area contributed by atoms with Crippen LogP contribution in [0.15, 0.2) is 29.4 Å². The summed E-state index contributed by atoms with van der Waals surface area (Å²) in [6.45, 7) is 3.97. The van der Waals surface area contributed by atoms with Crippen molar-refractivity contribution in [1.82, 2.24) is 20.1 Å². The lowest BCUT2D eigenvalue weighted by atomic mass is 10.2. The molecule has 7 nitrogen and oxygen atoms in total. The van der Waals surface area contributed by atoms with Gasteiger partial charge in [0.1, 0.15) is 5.75 Å². The van der Waals surface area contributed by atoms with E-state index in [1.165, 1.54) is 11.8 Å². The van der Waals surface area contributed by atoms with Crippen molar-refractivity contribution < 1.29 is 14.6 Å². The summed E-state index contributed by atoms with van der Waals surface area (Å²) >= 11 is 1.34. The van der Waals surface area contributed by atoms with E-state index in [0.29, 0.717) is 29.6 Å². The number of aromatic hydroxyl groups is 1. The van der Waals surface area contributed by atoms with Crippen LogP contribution in [0.4, 0.5) is 0 Å². The van der Waals surface area contributed by atoms with Gasteiger partial charge < -0.3 is 19.7 Å². The molecule has 1 aromatic heterocycles. The Kier molecular flexibility index (Phi) is 5.93. The van der Waals surface area contributed by atoms with Crippen molar-refractivity contribution in [3.63, 3.8) is 0 Å². The van der Waals surface area contributed by atoms with Crippen LogP contribution in [0.5, 0.6) is 5.75 Å². The van der Waals surface area contributed by atoms with E-state index < -0.39 is 0 Å². The minimum absolute atomic E-state index is 0.0461. The van der Waals surface area contributed by atoms with Crippen LogP contribution < -0.4 is 5.32 Å². The third kappa shape index (κ3) is 4.32. The van der Waals surface area contributed by atoms with Crippen LogP contribution in [-0.4, -0.2) is 50.8 Å². The van der Waals surface area contributed by atoms with Gasteiger partial charge in [-0.2, -0.15) is 0 Å². The number of carbonyl (C=O) groups is 1. The van der Waals surface area contributed by atoms with E-state index >= 15 is 0 Å². The van der Waals surface area contributed by atoms with Crippen LogP contribution in [0.2, 0.25) is 0 Å². The molecule has 0 aliphatic carbocycles. The molecule has 1 fully saturated rings. The first-order chi connectivity index (χ1) is 12.2. The lowest BCUT2D eigenvalue weighted by Gasteiger charge is -2.11. The summed E-state index contributed by atoms with van der Waals surface area (Å²) in [7, 11) is 0. The Balaban J connectivity index is 1.61. The van der Waals surface area contributed by atoms with Crippen LogP contribution in [0.3, 0.4) is 0 Å². The number of para-hydroxylation sites is 1. The van der Waals surface area contributed by atoms with Gasteiger partial charge in [-0.05, 0) is 31.9 Å². The highest BCUT2D eigenvalue weighted by molar-refractivity contribution is 7.99. The predicted octanol–water partition coefficient (Wildman–Crippen LogP) is 2.06. The van der Waals surface area contributed by atoms with E-state index in [-0.39, 0.29) is 23.5 Å². The monoisotopic (exact) mass is 362 g/mol. The first-order valence-corrected chi connectivity index (χ1v) is 9.40. The quantitative estimate of drug-likeness (QED) is 0.733. The number of nitrogens with zero attached hydrogens (tertiary/aromatic N) is 3. The first kappa shape index (κ1) is 17.8. The summed E-state index contributed by atoms with van der Waals surface area (Å²) in [6, 6.07) is 7.03. The van der Waals surface area contributed by atoms with Gasteiger partial charge in [-0.25, -0.2) is 0 Å². The zero-order valence-corrected chi connectivity index (χ0v) is 15.0. The second-order valence-electron chi connectivity index (χ2n) is 5.80. The number of nitrogens with one attached hydrogen (secondary N) is 1. The van der Waals surface area contributed by atoms with Crippen molar-refractivity contribution in [2.24, 2.45) is 0 Å². The number of carbonyl (C=O) groups excluding carboxylic acids is 1. The number of benzene rings is 1. The van der Waals surface area contributed by atoms with Crippen molar-refractivity contribution >= 4 is 17.7 Å². The van der Waals surface area contributed by atoms with E-state index in [1.54, 1.807) is 18.2 Å². The van der Waals surface area contributed by atoms with Gasteiger partial charge >= 0.3 is 0 Å². The first-order valence-electron chi connectivity index (χ1n) is 8.41. The summed E-state index contributed by atoms with van der Waals surface area (Å²) in [4.78, 5) is 12.0. The molecule has 0 unspecified atom stereocenters. The molecular weight excluding hydrogens is 340 g/mol. The lowest BCUT2D eigenvalue weighted by Crippen LogP contribution is -2.32. The molecule has 2 aromatic rings. The topological polar surface area (TPSA) is 89.3 Å². The largest absolute Gasteiger partial charge is 0.507 e. The second-order valence-corrected chi connectivity index (χ2v) is 6.74. The van der Waals surface area contributed by atoms with Gasteiger partial charge in [-0.15, -0.1) is 10.2 Å². The van der Waals surface area contributed by atoms with Gasteiger partial charge in [-0.3, -0.25) is 4.79 Å². The fourth-order valence-electron chi connectivity index (χ4n) is 2.76. The number of thioether (sulfide) groups is 1. The summed E-state index contributed by atoms with van der Waals surface area (Å²) < 4.78 is 7.39. The SMILES string of the molecule is CCn1c(SCC(=O)NC[C@H]2CCCO2)nnc1-c1ccccc1O. The van der Waals surface area contributed by atoms with Crippen molar-refractivity contribution in [2.75, 3.05) is 18.9 Å². The minimum atomic E-state index is -0.0461. The van der Waals surface area contributed by atoms with Crippen molar-refractivity contribution in [3.05, 3.63) is 24.3 Å².